The lowest BCUT2D eigenvalue weighted by molar-refractivity contribution is -0.114. The van der Waals surface area contributed by atoms with Gasteiger partial charge in [-0.3, -0.25) is 9.10 Å². The maximum Gasteiger partial charge on any atom is 0.349 e. The zero-order chi connectivity index (χ0) is 24.3. The van der Waals surface area contributed by atoms with Crippen molar-refractivity contribution >= 4 is 44.6 Å². The van der Waals surface area contributed by atoms with Gasteiger partial charge in [0.25, 0.3) is 10.0 Å². The first-order valence-corrected chi connectivity index (χ1v) is 12.2. The number of amides is 1. The third-order valence-electron chi connectivity index (χ3n) is 5.09. The van der Waals surface area contributed by atoms with Crippen LogP contribution in [-0.4, -0.2) is 33.9 Å². The summed E-state index contributed by atoms with van der Waals surface area (Å²) in [4.78, 5) is 24.6. The molecule has 1 amide bonds. The standard InChI is InChI=1S/C23H23FN2O5S2/c1-14-6-8-18(11-16(14)3)26(13-21(27)25-17-7-5-15(2)19(24)12-17)33(29,30)20-9-10-32-22(20)23(28)31-4/h5-12H,13H2,1-4H3,(H,25,27). The molecule has 0 unspecified atom stereocenters. The SMILES string of the molecule is COC(=O)c1sccc1S(=O)(=O)N(CC(=O)Nc1ccc(C)c(F)c1)c1ccc(C)c(C)c1. The first-order valence-electron chi connectivity index (χ1n) is 9.86. The maximum atomic E-state index is 13.9. The van der Waals surface area contributed by atoms with Gasteiger partial charge in [-0.1, -0.05) is 12.1 Å². The highest BCUT2D eigenvalue weighted by Gasteiger charge is 2.32. The number of rotatable bonds is 7. The zero-order valence-corrected chi connectivity index (χ0v) is 20.1. The molecule has 7 nitrogen and oxygen atoms in total. The van der Waals surface area contributed by atoms with E-state index < -0.39 is 34.3 Å². The number of methoxy groups -OCH3 is 1. The van der Waals surface area contributed by atoms with E-state index in [1.807, 2.05) is 13.8 Å². The Balaban J connectivity index is 2.02. The molecule has 1 N–H and O–H groups in total. The van der Waals surface area contributed by atoms with Crippen LogP contribution in [0.3, 0.4) is 0 Å². The summed E-state index contributed by atoms with van der Waals surface area (Å²) in [6.07, 6.45) is 0. The Morgan fingerprint density at radius 1 is 1.03 bits per heavy atom. The number of carbonyl (C=O) groups excluding carboxylic acids is 2. The van der Waals surface area contributed by atoms with Crippen molar-refractivity contribution in [2.45, 2.75) is 25.7 Å². The lowest BCUT2D eigenvalue weighted by atomic mass is 10.1. The molecule has 0 aliphatic heterocycles. The molecule has 33 heavy (non-hydrogen) atoms. The van der Waals surface area contributed by atoms with E-state index in [1.54, 1.807) is 25.1 Å². The number of nitrogens with zero attached hydrogens (tertiary/aromatic N) is 1. The van der Waals surface area contributed by atoms with Crippen LogP contribution >= 0.6 is 11.3 Å². The summed E-state index contributed by atoms with van der Waals surface area (Å²) in [7, 11) is -3.16. The van der Waals surface area contributed by atoms with Gasteiger partial charge in [-0.05, 0) is 73.2 Å². The fourth-order valence-electron chi connectivity index (χ4n) is 3.06. The number of anilines is 2. The Hall–Kier alpha value is -3.24. The normalized spacial score (nSPS) is 11.2. The number of thiophene rings is 1. The lowest BCUT2D eigenvalue weighted by Gasteiger charge is -2.25. The largest absolute Gasteiger partial charge is 0.465 e. The van der Waals surface area contributed by atoms with Gasteiger partial charge >= 0.3 is 5.97 Å². The number of esters is 1. The Morgan fingerprint density at radius 2 is 1.73 bits per heavy atom. The van der Waals surface area contributed by atoms with Crippen LogP contribution in [0.2, 0.25) is 0 Å². The lowest BCUT2D eigenvalue weighted by Crippen LogP contribution is -2.38. The number of benzene rings is 2. The van der Waals surface area contributed by atoms with Gasteiger partial charge in [-0.25, -0.2) is 17.6 Å². The Bertz CT molecular complexity index is 1320. The van der Waals surface area contributed by atoms with Crippen LogP contribution in [-0.2, 0) is 19.6 Å². The van der Waals surface area contributed by atoms with Crippen molar-refractivity contribution in [3.05, 3.63) is 75.2 Å². The number of aryl methyl sites for hydroxylation is 3. The summed E-state index contributed by atoms with van der Waals surface area (Å²) in [5.41, 5.74) is 2.64. The van der Waals surface area contributed by atoms with Crippen molar-refractivity contribution in [3.63, 3.8) is 0 Å². The molecule has 174 valence electrons. The van der Waals surface area contributed by atoms with E-state index >= 15 is 0 Å². The third-order valence-corrected chi connectivity index (χ3v) is 7.93. The van der Waals surface area contributed by atoms with Crippen molar-refractivity contribution in [1.82, 2.24) is 0 Å². The first kappa shape index (κ1) is 24.4. The smallest absolute Gasteiger partial charge is 0.349 e. The van der Waals surface area contributed by atoms with Crippen LogP contribution in [0, 0.1) is 26.6 Å². The first-order chi connectivity index (χ1) is 15.5. The van der Waals surface area contributed by atoms with Gasteiger partial charge in [0.2, 0.25) is 5.91 Å². The van der Waals surface area contributed by atoms with Crippen molar-refractivity contribution in [1.29, 1.82) is 0 Å². The van der Waals surface area contributed by atoms with E-state index in [2.05, 4.69) is 5.32 Å². The van der Waals surface area contributed by atoms with Gasteiger partial charge in [0, 0.05) is 5.69 Å². The average Bonchev–Trinajstić information content (AvgIpc) is 3.27. The van der Waals surface area contributed by atoms with Gasteiger partial charge in [-0.2, -0.15) is 0 Å². The van der Waals surface area contributed by atoms with E-state index in [1.165, 1.54) is 23.6 Å². The average molecular weight is 491 g/mol. The number of hydrogen-bond donors (Lipinski definition) is 1. The summed E-state index contributed by atoms with van der Waals surface area (Å²) in [5.74, 6) is -1.95. The minimum absolute atomic E-state index is 0.0904. The highest BCUT2D eigenvalue weighted by molar-refractivity contribution is 7.93. The van der Waals surface area contributed by atoms with Crippen molar-refractivity contribution in [2.24, 2.45) is 0 Å². The fourth-order valence-corrected chi connectivity index (χ4v) is 5.78. The van der Waals surface area contributed by atoms with E-state index in [-0.39, 0.29) is 21.1 Å². The number of ether oxygens (including phenoxy) is 1. The molecular formula is C23H23FN2O5S2. The van der Waals surface area contributed by atoms with E-state index in [4.69, 9.17) is 4.74 Å². The van der Waals surface area contributed by atoms with Crippen LogP contribution < -0.4 is 9.62 Å². The summed E-state index contributed by atoms with van der Waals surface area (Å²) >= 11 is 0.929. The quantitative estimate of drug-likeness (QED) is 0.495. The molecule has 0 atom stereocenters. The molecule has 0 radical (unpaired) electrons. The number of nitrogens with one attached hydrogen (secondary N) is 1. The summed E-state index contributed by atoms with van der Waals surface area (Å²) in [6, 6.07) is 10.5. The molecule has 0 spiro atoms. The van der Waals surface area contributed by atoms with Crippen molar-refractivity contribution in [3.8, 4) is 0 Å². The van der Waals surface area contributed by atoms with E-state index in [0.717, 1.165) is 39.9 Å². The molecule has 0 saturated carbocycles. The van der Waals surface area contributed by atoms with Gasteiger partial charge < -0.3 is 10.1 Å². The number of hydrogen-bond acceptors (Lipinski definition) is 6. The van der Waals surface area contributed by atoms with Crippen LogP contribution in [0.15, 0.2) is 52.7 Å². The highest BCUT2D eigenvalue weighted by Crippen LogP contribution is 2.30. The minimum Gasteiger partial charge on any atom is -0.465 e. The second kappa shape index (κ2) is 9.72. The molecule has 3 aromatic rings. The summed E-state index contributed by atoms with van der Waals surface area (Å²) in [6.45, 7) is 4.71. The number of halogens is 1. The fraction of sp³-hybridized carbons (Fsp3) is 0.217. The molecule has 3 rings (SSSR count). The van der Waals surface area contributed by atoms with Gasteiger partial charge in [0.15, 0.2) is 0 Å². The molecule has 1 heterocycles. The van der Waals surface area contributed by atoms with Crippen molar-refractivity contribution in [2.75, 3.05) is 23.3 Å². The molecule has 1 aromatic heterocycles. The highest BCUT2D eigenvalue weighted by atomic mass is 32.2. The van der Waals surface area contributed by atoms with Gasteiger partial charge in [0.05, 0.1) is 12.8 Å². The Labute approximate surface area is 195 Å². The van der Waals surface area contributed by atoms with Crippen LogP contribution in [0.5, 0.6) is 0 Å². The summed E-state index contributed by atoms with van der Waals surface area (Å²) < 4.78 is 46.7. The molecule has 0 fully saturated rings. The van der Waals surface area contributed by atoms with Crippen LogP contribution in [0.25, 0.3) is 0 Å². The maximum absolute atomic E-state index is 13.9. The summed E-state index contributed by atoms with van der Waals surface area (Å²) in [5, 5.41) is 3.99. The van der Waals surface area contributed by atoms with Crippen molar-refractivity contribution < 1.29 is 27.1 Å². The van der Waals surface area contributed by atoms with E-state index in [9.17, 15) is 22.4 Å². The predicted octanol–water partition coefficient (Wildman–Crippen LogP) is 4.43. The molecule has 0 aliphatic carbocycles. The van der Waals surface area contributed by atoms with Crippen LogP contribution in [0.1, 0.15) is 26.4 Å². The predicted molar refractivity (Wildman–Crippen MR) is 126 cm³/mol. The molecule has 0 aliphatic rings. The molecule has 0 bridgehead atoms. The Kier molecular flexibility index (Phi) is 7.19. The third kappa shape index (κ3) is 5.23. The topological polar surface area (TPSA) is 92.8 Å². The van der Waals surface area contributed by atoms with Crippen LogP contribution in [0.4, 0.5) is 15.8 Å². The number of carbonyl (C=O) groups is 2. The monoisotopic (exact) mass is 490 g/mol. The molecular weight excluding hydrogens is 467 g/mol. The van der Waals surface area contributed by atoms with Gasteiger partial charge in [0.1, 0.15) is 22.1 Å². The van der Waals surface area contributed by atoms with Gasteiger partial charge in [-0.15, -0.1) is 11.3 Å². The second-order valence-electron chi connectivity index (χ2n) is 7.40. The molecule has 10 heteroatoms. The second-order valence-corrected chi connectivity index (χ2v) is 10.1. The minimum atomic E-state index is -4.32. The number of sulfonamides is 1. The Morgan fingerprint density at radius 3 is 2.36 bits per heavy atom. The molecule has 0 saturated heterocycles. The molecule has 2 aromatic carbocycles. The van der Waals surface area contributed by atoms with E-state index in [0.29, 0.717) is 5.56 Å². The zero-order valence-electron chi connectivity index (χ0n) is 18.5.